The van der Waals surface area contributed by atoms with Crippen LogP contribution in [0.15, 0.2) is 30.3 Å². The fraction of sp³-hybridized carbons (Fsp3) is 0.632. The zero-order valence-electron chi connectivity index (χ0n) is 13.6. The first-order valence-electron chi connectivity index (χ1n) is 8.61. The molecule has 0 bridgehead atoms. The number of rotatable bonds is 12. The van der Waals surface area contributed by atoms with Gasteiger partial charge in [-0.1, -0.05) is 69.4 Å². The van der Waals surface area contributed by atoms with Crippen LogP contribution in [0.3, 0.4) is 0 Å². The molecule has 0 aromatic heterocycles. The molecule has 0 spiro atoms. The van der Waals surface area contributed by atoms with E-state index in [0.717, 1.165) is 18.4 Å². The molecule has 0 radical (unpaired) electrons. The molecule has 1 aliphatic rings. The molecule has 0 saturated carbocycles. The van der Waals surface area contributed by atoms with Gasteiger partial charge in [-0.2, -0.15) is 0 Å². The molecule has 1 saturated heterocycles. The van der Waals surface area contributed by atoms with Crippen LogP contribution in [-0.2, 0) is 20.9 Å². The van der Waals surface area contributed by atoms with Crippen molar-refractivity contribution < 1.29 is 14.3 Å². The minimum Gasteiger partial charge on any atom is -0.374 e. The topological polar surface area (TPSA) is 38.8 Å². The summed E-state index contributed by atoms with van der Waals surface area (Å²) in [6.07, 6.45) is 7.71. The Morgan fingerprint density at radius 2 is 1.82 bits per heavy atom. The molecule has 1 aliphatic heterocycles. The highest BCUT2D eigenvalue weighted by atomic mass is 16.6. The fourth-order valence-electron chi connectivity index (χ4n) is 2.64. The average Bonchev–Trinajstić information content (AvgIpc) is 3.31. The molecular weight excluding hydrogens is 276 g/mol. The summed E-state index contributed by atoms with van der Waals surface area (Å²) in [5, 5.41) is 0. The second-order valence-electron chi connectivity index (χ2n) is 6.08. The molecule has 1 heterocycles. The van der Waals surface area contributed by atoms with E-state index < -0.39 is 0 Å². The largest absolute Gasteiger partial charge is 0.374 e. The van der Waals surface area contributed by atoms with Crippen LogP contribution in [-0.4, -0.2) is 24.6 Å². The number of epoxide rings is 1. The Balaban J connectivity index is 1.49. The third-order valence-electron chi connectivity index (χ3n) is 4.07. The van der Waals surface area contributed by atoms with E-state index in [-0.39, 0.29) is 18.0 Å². The molecule has 0 N–H and O–H groups in total. The van der Waals surface area contributed by atoms with Crippen LogP contribution in [0.25, 0.3) is 0 Å². The average molecular weight is 304 g/mol. The molecule has 2 atom stereocenters. The highest BCUT2D eigenvalue weighted by Gasteiger charge is 2.44. The smallest absolute Gasteiger partial charge is 0.164 e. The zero-order chi connectivity index (χ0) is 15.6. The van der Waals surface area contributed by atoms with E-state index in [4.69, 9.17) is 9.47 Å². The number of carbonyl (C=O) groups excluding carboxylic acids is 1. The monoisotopic (exact) mass is 304 g/mol. The molecule has 0 unspecified atom stereocenters. The van der Waals surface area contributed by atoms with E-state index in [9.17, 15) is 4.79 Å². The van der Waals surface area contributed by atoms with E-state index in [0.29, 0.717) is 19.6 Å². The van der Waals surface area contributed by atoms with Gasteiger partial charge >= 0.3 is 0 Å². The summed E-state index contributed by atoms with van der Waals surface area (Å²) >= 11 is 0. The molecule has 1 aromatic carbocycles. The Kier molecular flexibility index (Phi) is 7.61. The van der Waals surface area contributed by atoms with Crippen molar-refractivity contribution in [2.24, 2.45) is 0 Å². The Bertz CT molecular complexity index is 430. The molecule has 3 heteroatoms. The van der Waals surface area contributed by atoms with Gasteiger partial charge in [0.15, 0.2) is 5.78 Å². The van der Waals surface area contributed by atoms with Crippen LogP contribution in [0.1, 0.15) is 57.4 Å². The molecule has 1 aromatic rings. The summed E-state index contributed by atoms with van der Waals surface area (Å²) in [6.45, 7) is 3.31. The maximum absolute atomic E-state index is 12.0. The Labute approximate surface area is 134 Å². The Hall–Kier alpha value is -1.19. The first-order chi connectivity index (χ1) is 10.8. The van der Waals surface area contributed by atoms with Crippen LogP contribution in [0.4, 0.5) is 0 Å². The predicted molar refractivity (Wildman–Crippen MR) is 87.8 cm³/mol. The second-order valence-corrected chi connectivity index (χ2v) is 6.08. The van der Waals surface area contributed by atoms with E-state index in [2.05, 4.69) is 6.92 Å². The van der Waals surface area contributed by atoms with Crippen LogP contribution < -0.4 is 0 Å². The van der Waals surface area contributed by atoms with E-state index >= 15 is 0 Å². The number of carbonyl (C=O) groups is 1. The molecule has 3 nitrogen and oxygen atoms in total. The highest BCUT2D eigenvalue weighted by Crippen LogP contribution is 2.25. The minimum atomic E-state index is -0.202. The maximum atomic E-state index is 12.0. The second kappa shape index (κ2) is 9.75. The van der Waals surface area contributed by atoms with Crippen molar-refractivity contribution >= 4 is 5.78 Å². The Morgan fingerprint density at radius 3 is 2.59 bits per heavy atom. The minimum absolute atomic E-state index is 0.0173. The maximum Gasteiger partial charge on any atom is 0.164 e. The SMILES string of the molecule is CCCCCCCCC(=O)[C@@H]1O[C@H]1COCc1ccccc1. The third kappa shape index (κ3) is 6.29. The zero-order valence-corrected chi connectivity index (χ0v) is 13.6. The quantitative estimate of drug-likeness (QED) is 0.427. The number of hydrogen-bond donors (Lipinski definition) is 0. The van der Waals surface area contributed by atoms with Crippen LogP contribution in [0, 0.1) is 0 Å². The van der Waals surface area contributed by atoms with Crippen molar-refractivity contribution in [3.63, 3.8) is 0 Å². The summed E-state index contributed by atoms with van der Waals surface area (Å²) < 4.78 is 11.1. The number of Topliss-reactive ketones (excluding diaryl/α,β-unsaturated/α-hetero) is 1. The van der Waals surface area contributed by atoms with Crippen molar-refractivity contribution in [3.8, 4) is 0 Å². The highest BCUT2D eigenvalue weighted by molar-refractivity contribution is 5.85. The number of ketones is 1. The van der Waals surface area contributed by atoms with Crippen LogP contribution in [0.5, 0.6) is 0 Å². The molecule has 22 heavy (non-hydrogen) atoms. The number of hydrogen-bond acceptors (Lipinski definition) is 3. The predicted octanol–water partition coefficient (Wildman–Crippen LogP) is 4.29. The van der Waals surface area contributed by atoms with Crippen LogP contribution >= 0.6 is 0 Å². The first kappa shape index (κ1) is 17.2. The van der Waals surface area contributed by atoms with Gasteiger partial charge in [0.2, 0.25) is 0 Å². The summed E-state index contributed by atoms with van der Waals surface area (Å²) in [5.41, 5.74) is 1.15. The molecule has 122 valence electrons. The van der Waals surface area contributed by atoms with E-state index in [1.165, 1.54) is 25.7 Å². The first-order valence-corrected chi connectivity index (χ1v) is 8.61. The lowest BCUT2D eigenvalue weighted by molar-refractivity contribution is -0.120. The lowest BCUT2D eigenvalue weighted by Crippen LogP contribution is -2.13. The molecule has 2 rings (SSSR count). The van der Waals surface area contributed by atoms with Crippen molar-refractivity contribution in [3.05, 3.63) is 35.9 Å². The Morgan fingerprint density at radius 1 is 1.09 bits per heavy atom. The summed E-state index contributed by atoms with van der Waals surface area (Å²) in [4.78, 5) is 12.0. The van der Waals surface area contributed by atoms with Crippen molar-refractivity contribution in [1.82, 2.24) is 0 Å². The number of benzene rings is 1. The molecule has 0 amide bonds. The standard InChI is InChI=1S/C19H28O3/c1-2-3-4-5-6-10-13-17(20)19-18(22-19)15-21-14-16-11-8-7-9-12-16/h7-9,11-12,18-19H,2-6,10,13-15H2,1H3/t18-,19-/m0/s1. The van der Waals surface area contributed by atoms with Crippen molar-refractivity contribution in [2.75, 3.05) is 6.61 Å². The van der Waals surface area contributed by atoms with E-state index in [1.807, 2.05) is 30.3 Å². The van der Waals surface area contributed by atoms with Gasteiger partial charge < -0.3 is 9.47 Å². The van der Waals surface area contributed by atoms with Gasteiger partial charge in [0.25, 0.3) is 0 Å². The summed E-state index contributed by atoms with van der Waals surface area (Å²) in [5.74, 6) is 0.254. The number of unbranched alkanes of at least 4 members (excludes halogenated alkanes) is 5. The van der Waals surface area contributed by atoms with Gasteiger partial charge in [-0.15, -0.1) is 0 Å². The molecule has 1 fully saturated rings. The van der Waals surface area contributed by atoms with Crippen LogP contribution in [0.2, 0.25) is 0 Å². The van der Waals surface area contributed by atoms with Crippen molar-refractivity contribution in [2.45, 2.75) is 70.7 Å². The summed E-state index contributed by atoms with van der Waals surface area (Å²) in [6, 6.07) is 10.1. The van der Waals surface area contributed by atoms with Crippen molar-refractivity contribution in [1.29, 1.82) is 0 Å². The summed E-state index contributed by atoms with van der Waals surface area (Å²) in [7, 11) is 0. The molecular formula is C19H28O3. The van der Waals surface area contributed by atoms with Gasteiger partial charge in [0.05, 0.1) is 13.2 Å². The van der Waals surface area contributed by atoms with Gasteiger partial charge in [0, 0.05) is 6.42 Å². The van der Waals surface area contributed by atoms with Gasteiger partial charge in [0.1, 0.15) is 12.2 Å². The van der Waals surface area contributed by atoms with E-state index in [1.54, 1.807) is 0 Å². The lowest BCUT2D eigenvalue weighted by Gasteiger charge is -2.02. The van der Waals surface area contributed by atoms with Gasteiger partial charge in [-0.25, -0.2) is 0 Å². The fourth-order valence-corrected chi connectivity index (χ4v) is 2.64. The van der Waals surface area contributed by atoms with Gasteiger partial charge in [-0.3, -0.25) is 4.79 Å². The van der Waals surface area contributed by atoms with Gasteiger partial charge in [-0.05, 0) is 12.0 Å². The third-order valence-corrected chi connectivity index (χ3v) is 4.07. The molecule has 0 aliphatic carbocycles. The lowest BCUT2D eigenvalue weighted by atomic mass is 10.1. The normalized spacial score (nSPS) is 20.0. The number of ether oxygens (including phenoxy) is 2.